The van der Waals surface area contributed by atoms with E-state index in [1.807, 2.05) is 6.92 Å². The molecule has 0 radical (unpaired) electrons. The van der Waals surface area contributed by atoms with Gasteiger partial charge < -0.3 is 15.5 Å². The Morgan fingerprint density at radius 3 is 2.79 bits per heavy atom. The summed E-state index contributed by atoms with van der Waals surface area (Å²) in [4.78, 5) is 48.4. The SMILES string of the molecule is CCCNC(=O)C1CCN(c2nc3ncn(CC(=O)Nc4cccc(Cl)c4)c(=O)c3s2)CC1. The Kier molecular flexibility index (Phi) is 7.24. The molecule has 2 amide bonds. The minimum Gasteiger partial charge on any atom is -0.356 e. The van der Waals surface area contributed by atoms with Crippen molar-refractivity contribution in [3.8, 4) is 0 Å². The lowest BCUT2D eigenvalue weighted by Gasteiger charge is -2.30. The zero-order chi connectivity index (χ0) is 23.4. The zero-order valence-corrected chi connectivity index (χ0v) is 19.8. The molecule has 1 saturated heterocycles. The third-order valence-corrected chi connectivity index (χ3v) is 6.81. The van der Waals surface area contributed by atoms with Crippen LogP contribution in [0, 0.1) is 5.92 Å². The van der Waals surface area contributed by atoms with Gasteiger partial charge in [0.25, 0.3) is 5.56 Å². The van der Waals surface area contributed by atoms with Crippen LogP contribution < -0.4 is 21.1 Å². The van der Waals surface area contributed by atoms with Crippen molar-refractivity contribution in [1.82, 2.24) is 19.9 Å². The van der Waals surface area contributed by atoms with Crippen LogP contribution in [0.25, 0.3) is 10.3 Å². The van der Waals surface area contributed by atoms with Gasteiger partial charge in [-0.05, 0) is 37.5 Å². The van der Waals surface area contributed by atoms with Gasteiger partial charge in [-0.15, -0.1) is 0 Å². The van der Waals surface area contributed by atoms with Crippen LogP contribution in [0.1, 0.15) is 26.2 Å². The van der Waals surface area contributed by atoms with Gasteiger partial charge in [-0.25, -0.2) is 4.98 Å². The Balaban J connectivity index is 1.42. The molecule has 4 rings (SSSR count). The molecular weight excluding hydrogens is 464 g/mol. The molecule has 1 aliphatic heterocycles. The van der Waals surface area contributed by atoms with Crippen LogP contribution in [0.2, 0.25) is 5.02 Å². The van der Waals surface area contributed by atoms with Crippen LogP contribution >= 0.6 is 22.9 Å². The molecule has 0 atom stereocenters. The number of fused-ring (bicyclic) bond motifs is 1. The van der Waals surface area contributed by atoms with Gasteiger partial charge in [-0.2, -0.15) is 4.98 Å². The second kappa shape index (κ2) is 10.3. The third kappa shape index (κ3) is 5.51. The van der Waals surface area contributed by atoms with Crippen molar-refractivity contribution in [2.75, 3.05) is 29.9 Å². The maximum Gasteiger partial charge on any atom is 0.273 e. The van der Waals surface area contributed by atoms with Crippen LogP contribution in [0.5, 0.6) is 0 Å². The Labute approximate surface area is 199 Å². The summed E-state index contributed by atoms with van der Waals surface area (Å²) in [7, 11) is 0. The van der Waals surface area contributed by atoms with Crippen molar-refractivity contribution in [2.24, 2.45) is 5.92 Å². The first-order valence-electron chi connectivity index (χ1n) is 10.9. The van der Waals surface area contributed by atoms with E-state index in [0.717, 1.165) is 19.3 Å². The molecule has 3 aromatic rings. The number of benzene rings is 1. The van der Waals surface area contributed by atoms with Gasteiger partial charge >= 0.3 is 0 Å². The maximum absolute atomic E-state index is 12.9. The summed E-state index contributed by atoms with van der Waals surface area (Å²) in [6.45, 7) is 3.95. The molecule has 0 spiro atoms. The van der Waals surface area contributed by atoms with Crippen molar-refractivity contribution in [3.63, 3.8) is 0 Å². The smallest absolute Gasteiger partial charge is 0.273 e. The molecule has 0 bridgehead atoms. The lowest BCUT2D eigenvalue weighted by atomic mass is 9.96. The molecule has 2 N–H and O–H groups in total. The summed E-state index contributed by atoms with van der Waals surface area (Å²) in [6, 6.07) is 6.80. The monoisotopic (exact) mass is 488 g/mol. The van der Waals surface area contributed by atoms with Gasteiger partial charge in [0.05, 0.1) is 0 Å². The van der Waals surface area contributed by atoms with E-state index in [0.29, 0.717) is 45.8 Å². The van der Waals surface area contributed by atoms with E-state index in [2.05, 4.69) is 25.5 Å². The number of nitrogens with one attached hydrogen (secondary N) is 2. The van der Waals surface area contributed by atoms with E-state index in [4.69, 9.17) is 11.6 Å². The molecular formula is C22H25ClN6O3S. The summed E-state index contributed by atoms with van der Waals surface area (Å²) in [5.74, 6) is -0.231. The van der Waals surface area contributed by atoms with Gasteiger partial charge in [0.2, 0.25) is 11.8 Å². The van der Waals surface area contributed by atoms with Crippen LogP contribution in [-0.4, -0.2) is 46.0 Å². The fourth-order valence-electron chi connectivity index (χ4n) is 3.73. The first kappa shape index (κ1) is 23.2. The van der Waals surface area contributed by atoms with Crippen LogP contribution in [-0.2, 0) is 16.1 Å². The van der Waals surface area contributed by atoms with Crippen LogP contribution in [0.3, 0.4) is 0 Å². The molecule has 0 saturated carbocycles. The van der Waals surface area contributed by atoms with E-state index < -0.39 is 0 Å². The number of hydrogen-bond acceptors (Lipinski definition) is 7. The average molecular weight is 489 g/mol. The molecule has 174 valence electrons. The molecule has 1 fully saturated rings. The molecule has 0 aliphatic carbocycles. The summed E-state index contributed by atoms with van der Waals surface area (Å²) in [5.41, 5.74) is 0.620. The van der Waals surface area contributed by atoms with Gasteiger partial charge in [0, 0.05) is 36.3 Å². The first-order chi connectivity index (χ1) is 15.9. The molecule has 2 aromatic heterocycles. The highest BCUT2D eigenvalue weighted by Gasteiger charge is 2.26. The first-order valence-corrected chi connectivity index (χ1v) is 12.1. The molecule has 33 heavy (non-hydrogen) atoms. The Bertz CT molecular complexity index is 1220. The number of halogens is 1. The minimum absolute atomic E-state index is 0.00976. The van der Waals surface area contributed by atoms with Gasteiger partial charge in [-0.1, -0.05) is 35.9 Å². The predicted molar refractivity (Wildman–Crippen MR) is 130 cm³/mol. The normalized spacial score (nSPS) is 14.4. The number of rotatable bonds is 7. The summed E-state index contributed by atoms with van der Waals surface area (Å²) < 4.78 is 1.68. The fraction of sp³-hybridized carbons (Fsp3) is 0.409. The largest absolute Gasteiger partial charge is 0.356 e. The van der Waals surface area contributed by atoms with Crippen molar-refractivity contribution >= 4 is 55.9 Å². The number of anilines is 2. The van der Waals surface area contributed by atoms with E-state index in [-0.39, 0.29) is 29.8 Å². The number of carbonyl (C=O) groups excluding carboxylic acids is 2. The fourth-order valence-corrected chi connectivity index (χ4v) is 4.94. The molecule has 3 heterocycles. The number of carbonyl (C=O) groups is 2. The van der Waals surface area contributed by atoms with Gasteiger partial charge in [0.1, 0.15) is 17.6 Å². The van der Waals surface area contributed by atoms with E-state index >= 15 is 0 Å². The predicted octanol–water partition coefficient (Wildman–Crippen LogP) is 2.89. The van der Waals surface area contributed by atoms with Crippen molar-refractivity contribution < 1.29 is 9.59 Å². The number of aromatic nitrogens is 3. The number of nitrogens with zero attached hydrogens (tertiary/aromatic N) is 4. The summed E-state index contributed by atoms with van der Waals surface area (Å²) in [5, 5.41) is 6.91. The zero-order valence-electron chi connectivity index (χ0n) is 18.2. The van der Waals surface area contributed by atoms with E-state index in [1.54, 1.807) is 24.3 Å². The number of thiazole rings is 1. The number of amides is 2. The standard InChI is InChI=1S/C22H25ClN6O3S/c1-2-8-24-20(31)14-6-9-28(10-7-14)22-27-19-18(33-22)21(32)29(13-25-19)12-17(30)26-16-5-3-4-15(23)11-16/h3-5,11,13-14H,2,6-10,12H2,1H3,(H,24,31)(H,26,30). The van der Waals surface area contributed by atoms with E-state index in [9.17, 15) is 14.4 Å². The maximum atomic E-state index is 12.9. The van der Waals surface area contributed by atoms with E-state index in [1.165, 1.54) is 22.2 Å². The lowest BCUT2D eigenvalue weighted by Crippen LogP contribution is -2.40. The van der Waals surface area contributed by atoms with Crippen molar-refractivity contribution in [1.29, 1.82) is 0 Å². The Morgan fingerprint density at radius 1 is 1.27 bits per heavy atom. The summed E-state index contributed by atoms with van der Waals surface area (Å²) >= 11 is 7.21. The third-order valence-electron chi connectivity index (χ3n) is 5.48. The van der Waals surface area contributed by atoms with Crippen LogP contribution in [0.15, 0.2) is 35.4 Å². The minimum atomic E-state index is -0.353. The number of piperidine rings is 1. The molecule has 1 aliphatic rings. The lowest BCUT2D eigenvalue weighted by molar-refractivity contribution is -0.125. The van der Waals surface area contributed by atoms with Gasteiger partial charge in [-0.3, -0.25) is 19.0 Å². The molecule has 1 aromatic carbocycles. The molecule has 0 unspecified atom stereocenters. The van der Waals surface area contributed by atoms with Crippen molar-refractivity contribution in [2.45, 2.75) is 32.7 Å². The summed E-state index contributed by atoms with van der Waals surface area (Å²) in [6.07, 6.45) is 3.75. The second-order valence-electron chi connectivity index (χ2n) is 7.94. The highest BCUT2D eigenvalue weighted by Crippen LogP contribution is 2.29. The topological polar surface area (TPSA) is 109 Å². The highest BCUT2D eigenvalue weighted by atomic mass is 35.5. The highest BCUT2D eigenvalue weighted by molar-refractivity contribution is 7.22. The van der Waals surface area contributed by atoms with Crippen LogP contribution in [0.4, 0.5) is 10.8 Å². The average Bonchev–Trinajstić information content (AvgIpc) is 3.25. The quantitative estimate of drug-likeness (QED) is 0.529. The number of hydrogen-bond donors (Lipinski definition) is 2. The van der Waals surface area contributed by atoms with Gasteiger partial charge in [0.15, 0.2) is 10.8 Å². The Hall–Kier alpha value is -2.98. The molecule has 9 nitrogen and oxygen atoms in total. The van der Waals surface area contributed by atoms with Crippen molar-refractivity contribution in [3.05, 3.63) is 46.0 Å². The second-order valence-corrected chi connectivity index (χ2v) is 9.35. The Morgan fingerprint density at radius 2 is 2.06 bits per heavy atom. The molecule has 11 heteroatoms.